The predicted octanol–water partition coefficient (Wildman–Crippen LogP) is 5.65. The molecule has 0 saturated heterocycles. The largest absolute Gasteiger partial charge is 0.497 e. The molecule has 3 aromatic carbocycles. The molecular formula is C26H23NO4S. The van der Waals surface area contributed by atoms with Crippen molar-refractivity contribution < 1.29 is 19.1 Å². The molecule has 0 aromatic heterocycles. The summed E-state index contributed by atoms with van der Waals surface area (Å²) < 4.78 is 10.8. The number of fused-ring (bicyclic) bond motifs is 1. The number of hydrogen-bond donors (Lipinski definition) is 0. The molecule has 0 bridgehead atoms. The quantitative estimate of drug-likeness (QED) is 0.375. The van der Waals surface area contributed by atoms with Crippen LogP contribution >= 0.6 is 11.8 Å². The van der Waals surface area contributed by atoms with Crippen molar-refractivity contribution >= 4 is 35.4 Å². The van der Waals surface area contributed by atoms with Crippen molar-refractivity contribution in [1.82, 2.24) is 0 Å². The van der Waals surface area contributed by atoms with Gasteiger partial charge in [-0.1, -0.05) is 60.3 Å². The number of carbonyl (C=O) groups is 2. The van der Waals surface area contributed by atoms with Crippen LogP contribution in [0.5, 0.6) is 11.5 Å². The van der Waals surface area contributed by atoms with Crippen LogP contribution in [0.2, 0.25) is 0 Å². The Hall–Kier alpha value is -3.51. The first kappa shape index (κ1) is 21.7. The standard InChI is InChI=1S/C26H23NO4S/c1-18(28)27-23-9-5-7-11-25(23)32-26(27,17-16-20-12-14-21(30-3)15-13-20)22-8-4-6-10-24(22)31-19(2)29/h4-17H,1-3H3/b17-16+. The Morgan fingerprint density at radius 1 is 0.938 bits per heavy atom. The molecule has 32 heavy (non-hydrogen) atoms. The summed E-state index contributed by atoms with van der Waals surface area (Å²) in [5.41, 5.74) is 2.49. The van der Waals surface area contributed by atoms with Crippen LogP contribution in [0.1, 0.15) is 25.0 Å². The summed E-state index contributed by atoms with van der Waals surface area (Å²) in [4.78, 5) is 26.6. The first-order chi connectivity index (χ1) is 15.4. The van der Waals surface area contributed by atoms with Crippen LogP contribution in [0.4, 0.5) is 5.69 Å². The number of benzene rings is 3. The lowest BCUT2D eigenvalue weighted by Gasteiger charge is -2.36. The van der Waals surface area contributed by atoms with E-state index in [0.29, 0.717) is 5.75 Å². The molecule has 0 aliphatic carbocycles. The van der Waals surface area contributed by atoms with Crippen LogP contribution in [0.3, 0.4) is 0 Å². The lowest BCUT2D eigenvalue weighted by Crippen LogP contribution is -2.42. The Kier molecular flexibility index (Phi) is 6.06. The highest BCUT2D eigenvalue weighted by atomic mass is 32.2. The van der Waals surface area contributed by atoms with Crippen molar-refractivity contribution in [2.24, 2.45) is 0 Å². The second-order valence-corrected chi connectivity index (χ2v) is 8.58. The van der Waals surface area contributed by atoms with Gasteiger partial charge in [0.25, 0.3) is 0 Å². The first-order valence-electron chi connectivity index (χ1n) is 10.1. The number of para-hydroxylation sites is 2. The van der Waals surface area contributed by atoms with E-state index >= 15 is 0 Å². The molecule has 0 saturated carbocycles. The average Bonchev–Trinajstić information content (AvgIpc) is 3.13. The Bertz CT molecular complexity index is 1190. The minimum atomic E-state index is -0.929. The molecule has 4 rings (SSSR count). The molecule has 0 radical (unpaired) electrons. The highest BCUT2D eigenvalue weighted by Crippen LogP contribution is 2.58. The Balaban J connectivity index is 1.91. The van der Waals surface area contributed by atoms with Gasteiger partial charge in [0, 0.05) is 24.3 Å². The van der Waals surface area contributed by atoms with Crippen molar-refractivity contribution in [3.05, 3.63) is 90.0 Å². The minimum Gasteiger partial charge on any atom is -0.497 e. The molecule has 0 spiro atoms. The van der Waals surface area contributed by atoms with E-state index in [9.17, 15) is 9.59 Å². The fourth-order valence-corrected chi connectivity index (χ4v) is 5.31. The van der Waals surface area contributed by atoms with Crippen molar-refractivity contribution in [3.63, 3.8) is 0 Å². The zero-order valence-electron chi connectivity index (χ0n) is 18.1. The molecule has 162 valence electrons. The van der Waals surface area contributed by atoms with Gasteiger partial charge in [-0.05, 0) is 42.0 Å². The van der Waals surface area contributed by atoms with Gasteiger partial charge in [0.15, 0.2) is 0 Å². The molecule has 1 aliphatic rings. The van der Waals surface area contributed by atoms with E-state index in [4.69, 9.17) is 9.47 Å². The molecule has 1 aliphatic heterocycles. The van der Waals surface area contributed by atoms with Gasteiger partial charge < -0.3 is 9.47 Å². The predicted molar refractivity (Wildman–Crippen MR) is 127 cm³/mol. The normalized spacial score (nSPS) is 17.3. The number of anilines is 1. The number of carbonyl (C=O) groups excluding carboxylic acids is 2. The third kappa shape index (κ3) is 4.01. The van der Waals surface area contributed by atoms with E-state index in [1.807, 2.05) is 78.9 Å². The zero-order valence-corrected chi connectivity index (χ0v) is 18.9. The molecule has 5 nitrogen and oxygen atoms in total. The van der Waals surface area contributed by atoms with Gasteiger partial charge in [0.1, 0.15) is 16.4 Å². The Labute approximate surface area is 191 Å². The number of nitrogens with zero attached hydrogens (tertiary/aromatic N) is 1. The van der Waals surface area contributed by atoms with Crippen molar-refractivity contribution in [3.8, 4) is 11.5 Å². The topological polar surface area (TPSA) is 55.8 Å². The molecule has 1 unspecified atom stereocenters. The second kappa shape index (κ2) is 8.93. The maximum Gasteiger partial charge on any atom is 0.308 e. The maximum absolute atomic E-state index is 13.0. The lowest BCUT2D eigenvalue weighted by atomic mass is 10.00. The summed E-state index contributed by atoms with van der Waals surface area (Å²) >= 11 is 1.54. The third-order valence-corrected chi connectivity index (χ3v) is 6.58. The zero-order chi connectivity index (χ0) is 22.7. The van der Waals surface area contributed by atoms with Crippen LogP contribution < -0.4 is 14.4 Å². The van der Waals surface area contributed by atoms with Crippen LogP contribution in [0.15, 0.2) is 83.8 Å². The summed E-state index contributed by atoms with van der Waals surface area (Å²) in [7, 11) is 1.63. The molecule has 1 heterocycles. The van der Waals surface area contributed by atoms with Gasteiger partial charge in [-0.25, -0.2) is 0 Å². The highest BCUT2D eigenvalue weighted by molar-refractivity contribution is 8.01. The number of thioether (sulfide) groups is 1. The van der Waals surface area contributed by atoms with E-state index in [-0.39, 0.29) is 5.91 Å². The SMILES string of the molecule is COc1ccc(/C=C/C2(c3ccccc3OC(C)=O)Sc3ccccc3N2C(C)=O)cc1. The van der Waals surface area contributed by atoms with Gasteiger partial charge in [-0.15, -0.1) is 0 Å². The number of esters is 1. The number of rotatable bonds is 5. The summed E-state index contributed by atoms with van der Waals surface area (Å²) in [6.45, 7) is 2.92. The van der Waals surface area contributed by atoms with Gasteiger partial charge in [-0.2, -0.15) is 0 Å². The number of ether oxygens (including phenoxy) is 2. The maximum atomic E-state index is 13.0. The van der Waals surface area contributed by atoms with E-state index in [2.05, 4.69) is 0 Å². The fourth-order valence-electron chi connectivity index (χ4n) is 3.83. The van der Waals surface area contributed by atoms with E-state index < -0.39 is 10.8 Å². The Morgan fingerprint density at radius 3 is 2.31 bits per heavy atom. The van der Waals surface area contributed by atoms with Gasteiger partial charge in [0.05, 0.1) is 12.8 Å². The molecule has 3 aromatic rings. The molecule has 1 atom stereocenters. The first-order valence-corrected chi connectivity index (χ1v) is 11.0. The monoisotopic (exact) mass is 445 g/mol. The summed E-state index contributed by atoms with van der Waals surface area (Å²) in [6.07, 6.45) is 3.96. The van der Waals surface area contributed by atoms with Crippen LogP contribution in [0, 0.1) is 0 Å². The van der Waals surface area contributed by atoms with Crippen LogP contribution in [0.25, 0.3) is 6.08 Å². The molecule has 1 amide bonds. The summed E-state index contributed by atoms with van der Waals surface area (Å²) in [6, 6.07) is 22.8. The van der Waals surface area contributed by atoms with Gasteiger partial charge >= 0.3 is 5.97 Å². The lowest BCUT2D eigenvalue weighted by molar-refractivity contribution is -0.131. The van der Waals surface area contributed by atoms with E-state index in [0.717, 1.165) is 27.5 Å². The molecule has 6 heteroatoms. The Morgan fingerprint density at radius 2 is 1.62 bits per heavy atom. The molecular weight excluding hydrogens is 422 g/mol. The second-order valence-electron chi connectivity index (χ2n) is 7.32. The van der Waals surface area contributed by atoms with Crippen LogP contribution in [-0.2, 0) is 14.5 Å². The van der Waals surface area contributed by atoms with Crippen molar-refractivity contribution in [2.45, 2.75) is 23.6 Å². The van der Waals surface area contributed by atoms with Gasteiger partial charge in [-0.3, -0.25) is 14.5 Å². The smallest absolute Gasteiger partial charge is 0.308 e. The number of hydrogen-bond acceptors (Lipinski definition) is 5. The third-order valence-electron chi connectivity index (χ3n) is 5.16. The minimum absolute atomic E-state index is 0.112. The number of methoxy groups -OCH3 is 1. The molecule has 0 N–H and O–H groups in total. The highest BCUT2D eigenvalue weighted by Gasteiger charge is 2.48. The molecule has 0 fully saturated rings. The number of amides is 1. The van der Waals surface area contributed by atoms with E-state index in [1.165, 1.54) is 6.92 Å². The van der Waals surface area contributed by atoms with Gasteiger partial charge in [0.2, 0.25) is 5.91 Å². The summed E-state index contributed by atoms with van der Waals surface area (Å²) in [5.74, 6) is 0.664. The summed E-state index contributed by atoms with van der Waals surface area (Å²) in [5, 5.41) is 0. The average molecular weight is 446 g/mol. The van der Waals surface area contributed by atoms with Crippen LogP contribution in [-0.4, -0.2) is 19.0 Å². The van der Waals surface area contributed by atoms with Crippen molar-refractivity contribution in [1.29, 1.82) is 0 Å². The van der Waals surface area contributed by atoms with Crippen molar-refractivity contribution in [2.75, 3.05) is 12.0 Å². The van der Waals surface area contributed by atoms with E-state index in [1.54, 1.807) is 36.8 Å². The fraction of sp³-hybridized carbons (Fsp3) is 0.154.